The van der Waals surface area contributed by atoms with E-state index >= 15 is 0 Å². The van der Waals surface area contributed by atoms with Gasteiger partial charge in [-0.3, -0.25) is 14.2 Å². The van der Waals surface area contributed by atoms with E-state index in [9.17, 15) is 9.59 Å². The largest absolute Gasteiger partial charge is 0.340 e. The Morgan fingerprint density at radius 3 is 2.79 bits per heavy atom. The molecule has 0 spiro atoms. The number of amides is 1. The van der Waals surface area contributed by atoms with Gasteiger partial charge in [-0.05, 0) is 42.5 Å². The Morgan fingerprint density at radius 2 is 2.07 bits per heavy atom. The fourth-order valence-corrected chi connectivity index (χ4v) is 4.80. The van der Waals surface area contributed by atoms with E-state index in [1.807, 2.05) is 36.7 Å². The van der Waals surface area contributed by atoms with E-state index in [4.69, 9.17) is 0 Å². The van der Waals surface area contributed by atoms with Crippen LogP contribution in [0.4, 0.5) is 0 Å². The van der Waals surface area contributed by atoms with Crippen LogP contribution in [0.5, 0.6) is 0 Å². The van der Waals surface area contributed by atoms with Gasteiger partial charge in [-0.1, -0.05) is 37.2 Å². The molecule has 3 rings (SSSR count). The summed E-state index contributed by atoms with van der Waals surface area (Å²) in [5.74, 6) is 0.292. The maximum atomic E-state index is 12.9. The zero-order chi connectivity index (χ0) is 20.1. The standard InChI is InChI=1S/C21H25N3O2S2/c1-4-5-11-24-20(26)16-8-6-7-9-17(16)22-21(24)28-14-19(25)23(3)13-18-15(2)10-12-27-18/h6-10,12H,4-5,11,13-14H2,1-3H3. The van der Waals surface area contributed by atoms with Gasteiger partial charge in [0.05, 0.1) is 23.2 Å². The number of thioether (sulfide) groups is 1. The minimum atomic E-state index is -0.0310. The van der Waals surface area contributed by atoms with Gasteiger partial charge in [0.15, 0.2) is 5.16 Å². The molecule has 1 amide bonds. The fourth-order valence-electron chi connectivity index (χ4n) is 2.88. The molecule has 0 N–H and O–H groups in total. The fraction of sp³-hybridized carbons (Fsp3) is 0.381. The number of unbranched alkanes of at least 4 members (excludes halogenated alkanes) is 1. The zero-order valence-corrected chi connectivity index (χ0v) is 18.1. The van der Waals surface area contributed by atoms with Crippen molar-refractivity contribution < 1.29 is 4.79 Å². The molecule has 0 unspecified atom stereocenters. The lowest BCUT2D eigenvalue weighted by Gasteiger charge is -2.17. The van der Waals surface area contributed by atoms with Crippen LogP contribution in [0.2, 0.25) is 0 Å². The second-order valence-corrected chi connectivity index (χ2v) is 8.73. The van der Waals surface area contributed by atoms with Crippen LogP contribution in [0.1, 0.15) is 30.2 Å². The first-order chi connectivity index (χ1) is 13.5. The Bertz CT molecular complexity index is 1030. The number of carbonyl (C=O) groups excluding carboxylic acids is 1. The number of carbonyl (C=O) groups is 1. The highest BCUT2D eigenvalue weighted by atomic mass is 32.2. The van der Waals surface area contributed by atoms with Crippen molar-refractivity contribution in [1.29, 1.82) is 0 Å². The number of aromatic nitrogens is 2. The van der Waals surface area contributed by atoms with Crippen LogP contribution in [-0.2, 0) is 17.9 Å². The van der Waals surface area contributed by atoms with Crippen LogP contribution in [0.15, 0.2) is 45.7 Å². The van der Waals surface area contributed by atoms with Gasteiger partial charge < -0.3 is 4.90 Å². The van der Waals surface area contributed by atoms with Gasteiger partial charge in [-0.15, -0.1) is 11.3 Å². The summed E-state index contributed by atoms with van der Waals surface area (Å²) in [4.78, 5) is 33.1. The summed E-state index contributed by atoms with van der Waals surface area (Å²) in [6, 6.07) is 9.45. The molecule has 0 aliphatic heterocycles. The molecule has 2 heterocycles. The molecule has 3 aromatic rings. The van der Waals surface area contributed by atoms with Crippen molar-refractivity contribution in [2.45, 2.75) is 44.9 Å². The lowest BCUT2D eigenvalue weighted by Crippen LogP contribution is -2.29. The number of thiophene rings is 1. The Morgan fingerprint density at radius 1 is 1.29 bits per heavy atom. The van der Waals surface area contributed by atoms with Crippen molar-refractivity contribution in [3.8, 4) is 0 Å². The molecule has 7 heteroatoms. The van der Waals surface area contributed by atoms with Gasteiger partial charge in [-0.2, -0.15) is 0 Å². The van der Waals surface area contributed by atoms with Crippen molar-refractivity contribution in [3.63, 3.8) is 0 Å². The Kier molecular flexibility index (Phi) is 6.91. The number of benzene rings is 1. The van der Waals surface area contributed by atoms with Crippen LogP contribution < -0.4 is 5.56 Å². The summed E-state index contributed by atoms with van der Waals surface area (Å²) in [6.07, 6.45) is 1.89. The van der Waals surface area contributed by atoms with E-state index in [0.717, 1.165) is 12.8 Å². The normalized spacial score (nSPS) is 11.1. The number of fused-ring (bicyclic) bond motifs is 1. The van der Waals surface area contributed by atoms with E-state index in [-0.39, 0.29) is 17.2 Å². The van der Waals surface area contributed by atoms with Crippen LogP contribution in [0, 0.1) is 6.92 Å². The second kappa shape index (κ2) is 9.39. The van der Waals surface area contributed by atoms with Crippen LogP contribution >= 0.6 is 23.1 Å². The predicted molar refractivity (Wildman–Crippen MR) is 117 cm³/mol. The molecule has 0 aliphatic rings. The molecule has 1 aromatic carbocycles. The number of hydrogen-bond donors (Lipinski definition) is 0. The molecule has 0 fully saturated rings. The molecule has 0 aliphatic carbocycles. The Hall–Kier alpha value is -2.12. The first kappa shape index (κ1) is 20.6. The quantitative estimate of drug-likeness (QED) is 0.406. The first-order valence-corrected chi connectivity index (χ1v) is 11.3. The van der Waals surface area contributed by atoms with Gasteiger partial charge in [0, 0.05) is 18.5 Å². The maximum absolute atomic E-state index is 12.9. The first-order valence-electron chi connectivity index (χ1n) is 9.40. The molecule has 28 heavy (non-hydrogen) atoms. The zero-order valence-electron chi connectivity index (χ0n) is 16.5. The molecule has 2 aromatic heterocycles. The van der Waals surface area contributed by atoms with Crippen molar-refractivity contribution in [1.82, 2.24) is 14.5 Å². The lowest BCUT2D eigenvalue weighted by molar-refractivity contribution is -0.127. The van der Waals surface area contributed by atoms with Crippen LogP contribution in [0.3, 0.4) is 0 Å². The van der Waals surface area contributed by atoms with E-state index in [1.165, 1.54) is 22.2 Å². The van der Waals surface area contributed by atoms with Gasteiger partial charge in [0.1, 0.15) is 0 Å². The molecule has 0 saturated heterocycles. The third-order valence-electron chi connectivity index (χ3n) is 4.66. The summed E-state index contributed by atoms with van der Waals surface area (Å²) in [5, 5.41) is 3.29. The van der Waals surface area contributed by atoms with Crippen molar-refractivity contribution in [2.24, 2.45) is 0 Å². The summed E-state index contributed by atoms with van der Waals surface area (Å²) >= 11 is 3.01. The highest BCUT2D eigenvalue weighted by Gasteiger charge is 2.16. The third kappa shape index (κ3) is 4.64. The van der Waals surface area contributed by atoms with Crippen molar-refractivity contribution in [2.75, 3.05) is 12.8 Å². The van der Waals surface area contributed by atoms with E-state index in [1.54, 1.807) is 20.8 Å². The molecule has 0 radical (unpaired) electrons. The number of hydrogen-bond acceptors (Lipinski definition) is 5. The summed E-state index contributed by atoms with van der Waals surface area (Å²) in [7, 11) is 1.82. The average Bonchev–Trinajstić information content (AvgIpc) is 3.10. The summed E-state index contributed by atoms with van der Waals surface area (Å²) < 4.78 is 1.72. The molecule has 0 atom stereocenters. The SMILES string of the molecule is CCCCn1c(SCC(=O)N(C)Cc2sccc2C)nc2ccccc2c1=O. The average molecular weight is 416 g/mol. The smallest absolute Gasteiger partial charge is 0.262 e. The molecular formula is C21H25N3O2S2. The lowest BCUT2D eigenvalue weighted by atomic mass is 10.2. The van der Waals surface area contributed by atoms with E-state index < -0.39 is 0 Å². The van der Waals surface area contributed by atoms with Gasteiger partial charge in [-0.25, -0.2) is 4.98 Å². The minimum absolute atomic E-state index is 0.0299. The molecule has 5 nitrogen and oxygen atoms in total. The summed E-state index contributed by atoms with van der Waals surface area (Å²) in [6.45, 7) is 5.38. The number of rotatable bonds is 8. The maximum Gasteiger partial charge on any atom is 0.262 e. The second-order valence-electron chi connectivity index (χ2n) is 6.79. The van der Waals surface area contributed by atoms with Crippen molar-refractivity contribution in [3.05, 3.63) is 56.5 Å². The molecule has 0 saturated carbocycles. The van der Waals surface area contributed by atoms with E-state index in [2.05, 4.69) is 24.9 Å². The minimum Gasteiger partial charge on any atom is -0.340 e. The van der Waals surface area contributed by atoms with E-state index in [0.29, 0.717) is 29.1 Å². The number of nitrogens with zero attached hydrogens (tertiary/aromatic N) is 3. The summed E-state index contributed by atoms with van der Waals surface area (Å²) in [5.41, 5.74) is 1.86. The van der Waals surface area contributed by atoms with Gasteiger partial charge in [0.25, 0.3) is 5.56 Å². The van der Waals surface area contributed by atoms with Crippen molar-refractivity contribution >= 4 is 39.9 Å². The Labute approximate surface area is 173 Å². The molecule has 0 bridgehead atoms. The van der Waals surface area contributed by atoms with Crippen LogP contribution in [-0.4, -0.2) is 33.2 Å². The number of para-hydroxylation sites is 1. The van der Waals surface area contributed by atoms with Gasteiger partial charge in [0.2, 0.25) is 5.91 Å². The number of aryl methyl sites for hydroxylation is 1. The van der Waals surface area contributed by atoms with Crippen LogP contribution in [0.25, 0.3) is 10.9 Å². The highest BCUT2D eigenvalue weighted by Crippen LogP contribution is 2.21. The Balaban J connectivity index is 1.78. The molecular weight excluding hydrogens is 390 g/mol. The highest BCUT2D eigenvalue weighted by molar-refractivity contribution is 7.99. The van der Waals surface area contributed by atoms with Gasteiger partial charge >= 0.3 is 0 Å². The third-order valence-corrected chi connectivity index (χ3v) is 6.63. The topological polar surface area (TPSA) is 55.2 Å². The molecule has 148 valence electrons. The predicted octanol–water partition coefficient (Wildman–Crippen LogP) is 4.32. The monoisotopic (exact) mass is 415 g/mol.